The number of rotatable bonds is 3. The lowest BCUT2D eigenvalue weighted by atomic mass is 10.1. The van der Waals surface area contributed by atoms with Gasteiger partial charge in [0.05, 0.1) is 12.0 Å². The number of sulfonamides is 1. The summed E-state index contributed by atoms with van der Waals surface area (Å²) in [6.45, 7) is 4.40. The van der Waals surface area contributed by atoms with E-state index in [2.05, 4.69) is 0 Å². The van der Waals surface area contributed by atoms with Crippen molar-refractivity contribution in [2.24, 2.45) is 0 Å². The highest BCUT2D eigenvalue weighted by molar-refractivity contribution is 7.89. The first-order valence-electron chi connectivity index (χ1n) is 9.57. The Morgan fingerprint density at radius 1 is 0.929 bits per heavy atom. The molecule has 0 N–H and O–H groups in total. The van der Waals surface area contributed by atoms with Crippen LogP contribution in [-0.4, -0.2) is 80.9 Å². The lowest BCUT2D eigenvalue weighted by molar-refractivity contribution is 0.0599. The molecule has 1 aromatic rings. The van der Waals surface area contributed by atoms with E-state index in [1.165, 1.54) is 17.5 Å². The summed E-state index contributed by atoms with van der Waals surface area (Å²) >= 11 is 0. The van der Waals surface area contributed by atoms with Crippen LogP contribution in [0.25, 0.3) is 0 Å². The Morgan fingerprint density at radius 3 is 2.14 bits per heavy atom. The third-order valence-corrected chi connectivity index (χ3v) is 7.29. The van der Waals surface area contributed by atoms with Gasteiger partial charge in [-0.3, -0.25) is 4.79 Å². The summed E-state index contributed by atoms with van der Waals surface area (Å²) in [4.78, 5) is 28.0. The molecule has 2 saturated heterocycles. The van der Waals surface area contributed by atoms with Crippen LogP contribution in [-0.2, 0) is 14.8 Å². The number of carbonyl (C=O) groups is 2. The van der Waals surface area contributed by atoms with Crippen molar-refractivity contribution in [1.29, 1.82) is 0 Å². The van der Waals surface area contributed by atoms with E-state index >= 15 is 0 Å². The second-order valence-corrected chi connectivity index (χ2v) is 9.13. The second-order valence-electron chi connectivity index (χ2n) is 7.19. The third-order valence-electron chi connectivity index (χ3n) is 5.39. The van der Waals surface area contributed by atoms with Crippen LogP contribution in [0.3, 0.4) is 0 Å². The third kappa shape index (κ3) is 4.15. The summed E-state index contributed by atoms with van der Waals surface area (Å²) in [5, 5.41) is 0. The molecule has 28 heavy (non-hydrogen) atoms. The van der Waals surface area contributed by atoms with Gasteiger partial charge in [0.1, 0.15) is 0 Å². The fourth-order valence-electron chi connectivity index (χ4n) is 3.64. The van der Waals surface area contributed by atoms with E-state index in [1.54, 1.807) is 28.9 Å². The molecule has 2 heterocycles. The van der Waals surface area contributed by atoms with Crippen LogP contribution in [0.4, 0.5) is 4.79 Å². The highest BCUT2D eigenvalue weighted by Gasteiger charge is 2.29. The van der Waals surface area contributed by atoms with Gasteiger partial charge in [-0.1, -0.05) is 12.5 Å². The van der Waals surface area contributed by atoms with Crippen molar-refractivity contribution < 1.29 is 22.7 Å². The minimum Gasteiger partial charge on any atom is -0.453 e. The average Bonchev–Trinajstić information content (AvgIpc) is 2.73. The van der Waals surface area contributed by atoms with Crippen LogP contribution in [0.1, 0.15) is 35.2 Å². The van der Waals surface area contributed by atoms with Gasteiger partial charge in [0.15, 0.2) is 0 Å². The number of piperidine rings is 1. The summed E-state index contributed by atoms with van der Waals surface area (Å²) in [6.07, 6.45) is 2.36. The van der Waals surface area contributed by atoms with Gasteiger partial charge in [0.2, 0.25) is 10.0 Å². The lowest BCUT2D eigenvalue weighted by Gasteiger charge is -2.34. The lowest BCUT2D eigenvalue weighted by Crippen LogP contribution is -2.50. The number of carbonyl (C=O) groups excluding carboxylic acids is 2. The molecule has 1 aromatic carbocycles. The van der Waals surface area contributed by atoms with E-state index in [9.17, 15) is 18.0 Å². The van der Waals surface area contributed by atoms with E-state index in [4.69, 9.17) is 4.74 Å². The van der Waals surface area contributed by atoms with E-state index in [0.29, 0.717) is 44.8 Å². The van der Waals surface area contributed by atoms with Crippen molar-refractivity contribution in [3.8, 4) is 0 Å². The molecule has 8 nitrogen and oxygen atoms in total. The van der Waals surface area contributed by atoms with Crippen LogP contribution >= 0.6 is 0 Å². The van der Waals surface area contributed by atoms with E-state index in [0.717, 1.165) is 24.8 Å². The van der Waals surface area contributed by atoms with Crippen LogP contribution in [0.15, 0.2) is 23.1 Å². The standard InChI is InChI=1S/C19H27N3O5S/c1-15-6-7-16(28(25,26)22-8-4-3-5-9-22)14-17(15)18(23)20-10-12-21(13-11-20)19(24)27-2/h6-7,14H,3-5,8-13H2,1-2H3. The fraction of sp³-hybridized carbons (Fsp3) is 0.579. The van der Waals surface area contributed by atoms with Gasteiger partial charge in [0.25, 0.3) is 5.91 Å². The van der Waals surface area contributed by atoms with Gasteiger partial charge in [0, 0.05) is 44.8 Å². The molecule has 3 rings (SSSR count). The van der Waals surface area contributed by atoms with Crippen molar-refractivity contribution in [1.82, 2.24) is 14.1 Å². The second kappa shape index (κ2) is 8.48. The number of hydrogen-bond acceptors (Lipinski definition) is 5. The van der Waals surface area contributed by atoms with Crippen molar-refractivity contribution in [2.75, 3.05) is 46.4 Å². The summed E-state index contributed by atoms with van der Waals surface area (Å²) in [5.74, 6) is -0.210. The zero-order valence-corrected chi connectivity index (χ0v) is 17.2. The van der Waals surface area contributed by atoms with Crippen molar-refractivity contribution >= 4 is 22.0 Å². The fourth-order valence-corrected chi connectivity index (χ4v) is 5.18. The Labute approximate surface area is 166 Å². The number of methoxy groups -OCH3 is 1. The monoisotopic (exact) mass is 409 g/mol. The average molecular weight is 410 g/mol. The smallest absolute Gasteiger partial charge is 0.409 e. The molecule has 0 aromatic heterocycles. The molecular weight excluding hydrogens is 382 g/mol. The molecule has 0 bridgehead atoms. The van der Waals surface area contributed by atoms with Gasteiger partial charge in [-0.05, 0) is 37.5 Å². The highest BCUT2D eigenvalue weighted by atomic mass is 32.2. The molecular formula is C19H27N3O5S. The first-order valence-corrected chi connectivity index (χ1v) is 11.0. The maximum absolute atomic E-state index is 13.0. The zero-order valence-electron chi connectivity index (χ0n) is 16.4. The topological polar surface area (TPSA) is 87.2 Å². The molecule has 0 radical (unpaired) electrons. The van der Waals surface area contributed by atoms with Crippen molar-refractivity contribution in [2.45, 2.75) is 31.1 Å². The molecule has 2 amide bonds. The summed E-state index contributed by atoms with van der Waals surface area (Å²) in [5.41, 5.74) is 1.13. The van der Waals surface area contributed by atoms with Gasteiger partial charge >= 0.3 is 6.09 Å². The maximum atomic E-state index is 13.0. The number of nitrogens with zero attached hydrogens (tertiary/aromatic N) is 3. The number of piperazine rings is 1. The Kier molecular flexibility index (Phi) is 6.24. The SMILES string of the molecule is COC(=O)N1CCN(C(=O)c2cc(S(=O)(=O)N3CCCCC3)ccc2C)CC1. The van der Waals surface area contributed by atoms with Crippen molar-refractivity contribution in [3.63, 3.8) is 0 Å². The molecule has 0 unspecified atom stereocenters. The van der Waals surface area contributed by atoms with E-state index < -0.39 is 16.1 Å². The van der Waals surface area contributed by atoms with Crippen molar-refractivity contribution in [3.05, 3.63) is 29.3 Å². The van der Waals surface area contributed by atoms with Crippen LogP contribution < -0.4 is 0 Å². The first-order chi connectivity index (χ1) is 13.3. The highest BCUT2D eigenvalue weighted by Crippen LogP contribution is 2.24. The summed E-state index contributed by atoms with van der Waals surface area (Å²) in [7, 11) is -2.26. The molecule has 0 aliphatic carbocycles. The van der Waals surface area contributed by atoms with E-state index in [-0.39, 0.29) is 10.8 Å². The Hall–Kier alpha value is -2.13. The van der Waals surface area contributed by atoms with Crippen LogP contribution in [0, 0.1) is 6.92 Å². The number of hydrogen-bond donors (Lipinski definition) is 0. The van der Waals surface area contributed by atoms with Gasteiger partial charge in [-0.15, -0.1) is 0 Å². The Bertz CT molecular complexity index is 841. The number of ether oxygens (including phenoxy) is 1. The Morgan fingerprint density at radius 2 is 1.54 bits per heavy atom. The predicted octanol–water partition coefficient (Wildman–Crippen LogP) is 1.69. The minimum absolute atomic E-state index is 0.163. The quantitative estimate of drug-likeness (QED) is 0.758. The molecule has 2 aliphatic heterocycles. The maximum Gasteiger partial charge on any atom is 0.409 e. The zero-order chi connectivity index (χ0) is 20.3. The van der Waals surface area contributed by atoms with Crippen LogP contribution in [0.5, 0.6) is 0 Å². The molecule has 2 aliphatic rings. The molecule has 0 saturated carbocycles. The largest absolute Gasteiger partial charge is 0.453 e. The van der Waals surface area contributed by atoms with Gasteiger partial charge < -0.3 is 14.5 Å². The van der Waals surface area contributed by atoms with E-state index in [1.807, 2.05) is 0 Å². The Balaban J connectivity index is 1.78. The van der Waals surface area contributed by atoms with Gasteiger partial charge in [-0.25, -0.2) is 13.2 Å². The first kappa shape index (κ1) is 20.6. The summed E-state index contributed by atoms with van der Waals surface area (Å²) in [6, 6.07) is 4.76. The molecule has 0 atom stereocenters. The molecule has 2 fully saturated rings. The minimum atomic E-state index is -3.60. The number of amides is 2. The number of benzene rings is 1. The molecule has 9 heteroatoms. The molecule has 154 valence electrons. The van der Waals surface area contributed by atoms with Gasteiger partial charge in [-0.2, -0.15) is 4.31 Å². The number of aryl methyl sites for hydroxylation is 1. The summed E-state index contributed by atoms with van der Waals surface area (Å²) < 4.78 is 32.1. The normalized spacial score (nSPS) is 18.8. The predicted molar refractivity (Wildman–Crippen MR) is 104 cm³/mol. The molecule has 0 spiro atoms. The van der Waals surface area contributed by atoms with Crippen LogP contribution in [0.2, 0.25) is 0 Å².